The third-order valence-corrected chi connectivity index (χ3v) is 6.00. The van der Waals surface area contributed by atoms with Crippen molar-refractivity contribution < 1.29 is 9.37 Å². The molecule has 28 heavy (non-hydrogen) atoms. The number of anilines is 2. The van der Waals surface area contributed by atoms with E-state index < -0.39 is 0 Å². The van der Waals surface area contributed by atoms with E-state index in [-0.39, 0.29) is 0 Å². The zero-order valence-electron chi connectivity index (χ0n) is 16.9. The standard InChI is InChI=1S/C19H31N7O2/c1-25(13-14-7-9-26(10-8-14)11-12-27-2)19-18(20-15-5-3-4-6-15)21-16-17(22-19)24-28-23-16/h14-15H,3-13H2,1-2H3,(H,20,21,23). The molecule has 0 radical (unpaired) electrons. The van der Waals surface area contributed by atoms with E-state index in [1.54, 1.807) is 7.11 Å². The maximum atomic E-state index is 5.20. The van der Waals surface area contributed by atoms with Gasteiger partial charge in [0.05, 0.1) is 6.61 Å². The van der Waals surface area contributed by atoms with Gasteiger partial charge < -0.3 is 19.9 Å². The number of aromatic nitrogens is 4. The molecule has 1 saturated carbocycles. The molecule has 2 fully saturated rings. The van der Waals surface area contributed by atoms with Crippen LogP contribution in [-0.4, -0.2) is 78.2 Å². The van der Waals surface area contributed by atoms with Crippen LogP contribution in [0.4, 0.5) is 11.6 Å². The van der Waals surface area contributed by atoms with E-state index in [1.807, 2.05) is 0 Å². The average molecular weight is 390 g/mol. The van der Waals surface area contributed by atoms with Gasteiger partial charge in [0.1, 0.15) is 0 Å². The predicted molar refractivity (Wildman–Crippen MR) is 108 cm³/mol. The summed E-state index contributed by atoms with van der Waals surface area (Å²) in [5.41, 5.74) is 0.928. The highest BCUT2D eigenvalue weighted by Gasteiger charge is 2.24. The van der Waals surface area contributed by atoms with Crippen LogP contribution >= 0.6 is 0 Å². The van der Waals surface area contributed by atoms with Crippen molar-refractivity contribution >= 4 is 22.9 Å². The number of nitrogens with one attached hydrogen (secondary N) is 1. The van der Waals surface area contributed by atoms with Crippen molar-refractivity contribution in [1.82, 2.24) is 25.2 Å². The van der Waals surface area contributed by atoms with Crippen LogP contribution in [0.3, 0.4) is 0 Å². The number of ether oxygens (including phenoxy) is 1. The fourth-order valence-electron chi connectivity index (χ4n) is 4.34. The molecule has 154 valence electrons. The molecule has 0 aromatic carbocycles. The fourth-order valence-corrected chi connectivity index (χ4v) is 4.34. The van der Waals surface area contributed by atoms with Crippen molar-refractivity contribution in [3.05, 3.63) is 0 Å². The topological polar surface area (TPSA) is 92.4 Å². The van der Waals surface area contributed by atoms with Crippen molar-refractivity contribution in [2.45, 2.75) is 44.6 Å². The highest BCUT2D eigenvalue weighted by atomic mass is 16.6. The lowest BCUT2D eigenvalue weighted by Gasteiger charge is -2.34. The fraction of sp³-hybridized carbons (Fsp3) is 0.789. The maximum Gasteiger partial charge on any atom is 0.245 e. The predicted octanol–water partition coefficient (Wildman–Crippen LogP) is 2.16. The third-order valence-electron chi connectivity index (χ3n) is 6.00. The second-order valence-corrected chi connectivity index (χ2v) is 8.09. The van der Waals surface area contributed by atoms with Crippen molar-refractivity contribution in [2.24, 2.45) is 5.92 Å². The summed E-state index contributed by atoms with van der Waals surface area (Å²) in [5.74, 6) is 2.29. The number of likely N-dealkylation sites (tertiary alicyclic amines) is 1. The van der Waals surface area contributed by atoms with Crippen LogP contribution in [0.5, 0.6) is 0 Å². The van der Waals surface area contributed by atoms with E-state index in [9.17, 15) is 0 Å². The Balaban J connectivity index is 1.43. The molecule has 2 aliphatic rings. The Morgan fingerprint density at radius 2 is 1.82 bits per heavy atom. The van der Waals surface area contributed by atoms with Gasteiger partial charge >= 0.3 is 0 Å². The molecule has 0 atom stereocenters. The van der Waals surface area contributed by atoms with Gasteiger partial charge in [-0.15, -0.1) is 0 Å². The Kier molecular flexibility index (Phi) is 6.21. The molecule has 2 aromatic rings. The van der Waals surface area contributed by atoms with Crippen LogP contribution < -0.4 is 10.2 Å². The van der Waals surface area contributed by atoms with Crippen LogP contribution in [0.1, 0.15) is 38.5 Å². The minimum atomic E-state index is 0.461. The molecule has 0 spiro atoms. The number of methoxy groups -OCH3 is 1. The summed E-state index contributed by atoms with van der Waals surface area (Å²) in [6.45, 7) is 5.06. The van der Waals surface area contributed by atoms with Gasteiger partial charge in [-0.3, -0.25) is 0 Å². The van der Waals surface area contributed by atoms with Crippen LogP contribution in [0.15, 0.2) is 4.63 Å². The largest absolute Gasteiger partial charge is 0.383 e. The summed E-state index contributed by atoms with van der Waals surface area (Å²) in [4.78, 5) is 14.1. The van der Waals surface area contributed by atoms with Crippen LogP contribution in [-0.2, 0) is 4.74 Å². The minimum Gasteiger partial charge on any atom is -0.383 e. The summed E-state index contributed by atoms with van der Waals surface area (Å²) in [5, 5.41) is 11.3. The highest BCUT2D eigenvalue weighted by molar-refractivity contribution is 5.74. The van der Waals surface area contributed by atoms with E-state index in [1.165, 1.54) is 38.5 Å². The molecular weight excluding hydrogens is 358 g/mol. The first kappa shape index (κ1) is 19.3. The first-order chi connectivity index (χ1) is 13.7. The Labute approximate surface area is 165 Å². The molecule has 4 rings (SSSR count). The van der Waals surface area contributed by atoms with Crippen LogP contribution in [0.2, 0.25) is 0 Å². The van der Waals surface area contributed by atoms with Crippen molar-refractivity contribution in [1.29, 1.82) is 0 Å². The minimum absolute atomic E-state index is 0.461. The molecule has 1 aliphatic heterocycles. The molecule has 1 aliphatic carbocycles. The molecular formula is C19H31N7O2. The number of piperidine rings is 1. The molecule has 9 heteroatoms. The normalized spacial score (nSPS) is 19.5. The Morgan fingerprint density at radius 1 is 1.11 bits per heavy atom. The van der Waals surface area contributed by atoms with E-state index >= 15 is 0 Å². The number of hydrogen-bond acceptors (Lipinski definition) is 9. The van der Waals surface area contributed by atoms with Gasteiger partial charge in [0.25, 0.3) is 0 Å². The first-order valence-electron chi connectivity index (χ1n) is 10.4. The van der Waals surface area contributed by atoms with Gasteiger partial charge in [-0.1, -0.05) is 12.8 Å². The van der Waals surface area contributed by atoms with Gasteiger partial charge in [-0.25, -0.2) is 14.6 Å². The van der Waals surface area contributed by atoms with E-state index in [0.717, 1.165) is 44.4 Å². The molecule has 0 amide bonds. The Bertz CT molecular complexity index is 754. The number of fused-ring (bicyclic) bond motifs is 1. The lowest BCUT2D eigenvalue weighted by Crippen LogP contribution is -2.39. The van der Waals surface area contributed by atoms with E-state index in [2.05, 4.69) is 37.5 Å². The molecule has 2 aromatic heterocycles. The zero-order chi connectivity index (χ0) is 19.3. The molecule has 1 N–H and O–H groups in total. The highest BCUT2D eigenvalue weighted by Crippen LogP contribution is 2.29. The second-order valence-electron chi connectivity index (χ2n) is 8.09. The van der Waals surface area contributed by atoms with Gasteiger partial charge in [0.15, 0.2) is 11.6 Å². The second kappa shape index (κ2) is 9.00. The molecule has 3 heterocycles. The third kappa shape index (κ3) is 4.52. The summed E-state index contributed by atoms with van der Waals surface area (Å²) in [6, 6.07) is 0.461. The quantitative estimate of drug-likeness (QED) is 0.729. The number of hydrogen-bond donors (Lipinski definition) is 1. The first-order valence-corrected chi connectivity index (χ1v) is 10.4. The monoisotopic (exact) mass is 389 g/mol. The SMILES string of the molecule is COCCN1CCC(CN(C)c2nc3nonc3nc2NC2CCCC2)CC1. The van der Waals surface area contributed by atoms with Crippen molar-refractivity contribution in [3.63, 3.8) is 0 Å². The summed E-state index contributed by atoms with van der Waals surface area (Å²) in [7, 11) is 3.86. The molecule has 0 unspecified atom stereocenters. The average Bonchev–Trinajstić information content (AvgIpc) is 3.38. The Hall–Kier alpha value is -2.00. The lowest BCUT2D eigenvalue weighted by molar-refractivity contribution is 0.121. The van der Waals surface area contributed by atoms with Gasteiger partial charge in [0, 0.05) is 33.3 Å². The van der Waals surface area contributed by atoms with Crippen LogP contribution in [0.25, 0.3) is 11.3 Å². The van der Waals surface area contributed by atoms with E-state index in [4.69, 9.17) is 14.3 Å². The maximum absolute atomic E-state index is 5.20. The van der Waals surface area contributed by atoms with Gasteiger partial charge in [-0.2, -0.15) is 0 Å². The lowest BCUT2D eigenvalue weighted by atomic mass is 9.96. The van der Waals surface area contributed by atoms with Crippen LogP contribution in [0, 0.1) is 5.92 Å². The van der Waals surface area contributed by atoms with Crippen molar-refractivity contribution in [2.75, 3.05) is 57.2 Å². The van der Waals surface area contributed by atoms with Gasteiger partial charge in [0.2, 0.25) is 11.3 Å². The summed E-state index contributed by atoms with van der Waals surface area (Å²) in [6.07, 6.45) is 7.29. The van der Waals surface area contributed by atoms with E-state index in [0.29, 0.717) is 23.3 Å². The number of nitrogens with zero attached hydrogens (tertiary/aromatic N) is 6. The Morgan fingerprint density at radius 3 is 2.54 bits per heavy atom. The van der Waals surface area contributed by atoms with Gasteiger partial charge in [-0.05, 0) is 55.0 Å². The molecule has 0 bridgehead atoms. The summed E-state index contributed by atoms with van der Waals surface area (Å²) < 4.78 is 10.0. The number of rotatable bonds is 8. The molecule has 1 saturated heterocycles. The smallest absolute Gasteiger partial charge is 0.245 e. The summed E-state index contributed by atoms with van der Waals surface area (Å²) >= 11 is 0. The van der Waals surface area contributed by atoms with Crippen molar-refractivity contribution in [3.8, 4) is 0 Å². The molecule has 9 nitrogen and oxygen atoms in total. The zero-order valence-corrected chi connectivity index (χ0v) is 16.9.